The molecule has 0 unspecified atom stereocenters. The van der Waals surface area contributed by atoms with E-state index < -0.39 is 0 Å². The molecule has 1 aromatic carbocycles. The number of likely N-dealkylation sites (tertiary alicyclic amines) is 1. The molecule has 116 valence electrons. The van der Waals surface area contributed by atoms with Crippen LogP contribution in [0.5, 0.6) is 0 Å². The molecule has 1 atom stereocenters. The van der Waals surface area contributed by atoms with Crippen LogP contribution in [-0.2, 0) is 11.3 Å². The van der Waals surface area contributed by atoms with Crippen LogP contribution in [0, 0.1) is 5.82 Å². The van der Waals surface area contributed by atoms with Crippen molar-refractivity contribution < 1.29 is 9.18 Å². The zero-order chi connectivity index (χ0) is 15.2. The molecule has 1 aliphatic heterocycles. The van der Waals surface area contributed by atoms with Gasteiger partial charge in [-0.3, -0.25) is 9.69 Å². The lowest BCUT2D eigenvalue weighted by atomic mass is 9.98. The van der Waals surface area contributed by atoms with E-state index in [0.29, 0.717) is 24.2 Å². The fourth-order valence-electron chi connectivity index (χ4n) is 2.95. The first kappa shape index (κ1) is 16.2. The van der Waals surface area contributed by atoms with Gasteiger partial charge >= 0.3 is 0 Å². The molecule has 1 amide bonds. The zero-order valence-electron chi connectivity index (χ0n) is 12.4. The van der Waals surface area contributed by atoms with Crippen molar-refractivity contribution in [2.24, 2.45) is 0 Å². The van der Waals surface area contributed by atoms with Crippen LogP contribution in [0.15, 0.2) is 18.2 Å². The van der Waals surface area contributed by atoms with Crippen LogP contribution in [0.1, 0.15) is 38.2 Å². The molecular formula is C16H22ClFN2O. The maximum atomic E-state index is 13.4. The number of carbonyl (C=O) groups is 1. The minimum atomic E-state index is -0.288. The molecule has 5 heteroatoms. The zero-order valence-corrected chi connectivity index (χ0v) is 13.1. The van der Waals surface area contributed by atoms with Gasteiger partial charge in [0.2, 0.25) is 5.91 Å². The van der Waals surface area contributed by atoms with Gasteiger partial charge in [0.05, 0.1) is 0 Å². The Bertz CT molecular complexity index is 475. The molecule has 21 heavy (non-hydrogen) atoms. The van der Waals surface area contributed by atoms with Gasteiger partial charge in [0.25, 0.3) is 0 Å². The van der Waals surface area contributed by atoms with Crippen molar-refractivity contribution in [2.75, 3.05) is 13.1 Å². The number of benzene rings is 1. The lowest BCUT2D eigenvalue weighted by molar-refractivity contribution is -0.119. The molecule has 0 spiro atoms. The molecule has 1 heterocycles. The average Bonchev–Trinajstić information content (AvgIpc) is 2.39. The number of halogens is 2. The first-order chi connectivity index (χ1) is 10.0. The Kier molecular flexibility index (Phi) is 6.00. The van der Waals surface area contributed by atoms with E-state index in [1.807, 2.05) is 6.07 Å². The Morgan fingerprint density at radius 1 is 1.43 bits per heavy atom. The highest BCUT2D eigenvalue weighted by molar-refractivity contribution is 6.30. The van der Waals surface area contributed by atoms with Gasteiger partial charge in [-0.25, -0.2) is 4.39 Å². The number of amides is 1. The van der Waals surface area contributed by atoms with Gasteiger partial charge < -0.3 is 5.32 Å². The monoisotopic (exact) mass is 312 g/mol. The van der Waals surface area contributed by atoms with Crippen molar-refractivity contribution in [3.63, 3.8) is 0 Å². The summed E-state index contributed by atoms with van der Waals surface area (Å²) in [7, 11) is 0. The number of piperidine rings is 1. The topological polar surface area (TPSA) is 32.3 Å². The molecule has 0 aromatic heterocycles. The van der Waals surface area contributed by atoms with E-state index in [-0.39, 0.29) is 11.7 Å². The lowest BCUT2D eigenvalue weighted by Crippen LogP contribution is -2.41. The standard InChI is InChI=1S/C16H22ClFN2O/c1-12(21)19-6-5-16-4-2-3-7-20(16)11-13-8-14(17)10-15(18)9-13/h8-10,16H,2-7,11H2,1H3,(H,19,21)/t16-/m1/s1. The van der Waals surface area contributed by atoms with Crippen molar-refractivity contribution in [3.05, 3.63) is 34.6 Å². The summed E-state index contributed by atoms with van der Waals surface area (Å²) in [6.45, 7) is 3.95. The molecule has 1 N–H and O–H groups in total. The molecule has 1 saturated heterocycles. The molecule has 2 rings (SSSR count). The molecule has 1 aromatic rings. The second-order valence-corrected chi connectivity index (χ2v) is 6.11. The Labute approximate surface area is 130 Å². The SMILES string of the molecule is CC(=O)NCC[C@H]1CCCCN1Cc1cc(F)cc(Cl)c1. The smallest absolute Gasteiger partial charge is 0.216 e. The average molecular weight is 313 g/mol. The quantitative estimate of drug-likeness (QED) is 0.904. The highest BCUT2D eigenvalue weighted by atomic mass is 35.5. The number of carbonyl (C=O) groups excluding carboxylic acids is 1. The summed E-state index contributed by atoms with van der Waals surface area (Å²) in [5.74, 6) is -0.279. The first-order valence-electron chi connectivity index (χ1n) is 7.48. The normalized spacial score (nSPS) is 19.5. The van der Waals surface area contributed by atoms with Crippen LogP contribution in [0.4, 0.5) is 4.39 Å². The van der Waals surface area contributed by atoms with Crippen molar-refractivity contribution >= 4 is 17.5 Å². The molecule has 0 saturated carbocycles. The number of hydrogen-bond donors (Lipinski definition) is 1. The molecule has 3 nitrogen and oxygen atoms in total. The summed E-state index contributed by atoms with van der Waals surface area (Å²) in [5.41, 5.74) is 0.909. The van der Waals surface area contributed by atoms with Crippen LogP contribution < -0.4 is 5.32 Å². The minimum Gasteiger partial charge on any atom is -0.356 e. The van der Waals surface area contributed by atoms with E-state index in [0.717, 1.165) is 24.9 Å². The van der Waals surface area contributed by atoms with Gasteiger partial charge in [-0.05, 0) is 49.6 Å². The number of rotatable bonds is 5. The largest absolute Gasteiger partial charge is 0.356 e. The third-order valence-corrected chi connectivity index (χ3v) is 4.13. The number of nitrogens with zero attached hydrogens (tertiary/aromatic N) is 1. The summed E-state index contributed by atoms with van der Waals surface area (Å²) in [5, 5.41) is 3.29. The number of nitrogens with one attached hydrogen (secondary N) is 1. The Morgan fingerprint density at radius 3 is 2.95 bits per heavy atom. The highest BCUT2D eigenvalue weighted by Gasteiger charge is 2.22. The lowest BCUT2D eigenvalue weighted by Gasteiger charge is -2.36. The number of hydrogen-bond acceptors (Lipinski definition) is 2. The van der Waals surface area contributed by atoms with Gasteiger partial charge in [0.1, 0.15) is 5.82 Å². The summed E-state index contributed by atoms with van der Waals surface area (Å²) in [4.78, 5) is 13.3. The summed E-state index contributed by atoms with van der Waals surface area (Å²) in [6.07, 6.45) is 4.44. The predicted octanol–water partition coefficient (Wildman–Crippen LogP) is 3.36. The van der Waals surface area contributed by atoms with Crippen LogP contribution in [0.3, 0.4) is 0 Å². The molecule has 0 bridgehead atoms. The molecule has 1 aliphatic rings. The van der Waals surface area contributed by atoms with Crippen LogP contribution in [0.25, 0.3) is 0 Å². The molecule has 0 aliphatic carbocycles. The van der Waals surface area contributed by atoms with E-state index in [1.165, 1.54) is 25.8 Å². The summed E-state index contributed by atoms with van der Waals surface area (Å²) >= 11 is 5.92. The second-order valence-electron chi connectivity index (χ2n) is 5.67. The maximum absolute atomic E-state index is 13.4. The molecule has 0 radical (unpaired) electrons. The van der Waals surface area contributed by atoms with Crippen molar-refractivity contribution in [1.82, 2.24) is 10.2 Å². The van der Waals surface area contributed by atoms with E-state index in [4.69, 9.17) is 11.6 Å². The Hall–Kier alpha value is -1.13. The maximum Gasteiger partial charge on any atom is 0.216 e. The Morgan fingerprint density at radius 2 is 2.24 bits per heavy atom. The fraction of sp³-hybridized carbons (Fsp3) is 0.562. The predicted molar refractivity (Wildman–Crippen MR) is 82.8 cm³/mol. The van der Waals surface area contributed by atoms with Crippen molar-refractivity contribution in [2.45, 2.75) is 45.2 Å². The third-order valence-electron chi connectivity index (χ3n) is 3.91. The van der Waals surface area contributed by atoms with Crippen molar-refractivity contribution in [3.8, 4) is 0 Å². The van der Waals surface area contributed by atoms with E-state index in [1.54, 1.807) is 6.07 Å². The molecule has 1 fully saturated rings. The highest BCUT2D eigenvalue weighted by Crippen LogP contribution is 2.23. The Balaban J connectivity index is 1.96. The van der Waals surface area contributed by atoms with E-state index in [2.05, 4.69) is 10.2 Å². The second kappa shape index (κ2) is 7.76. The van der Waals surface area contributed by atoms with Crippen molar-refractivity contribution in [1.29, 1.82) is 0 Å². The minimum absolute atomic E-state index is 0.00858. The van der Waals surface area contributed by atoms with Crippen LogP contribution in [-0.4, -0.2) is 29.9 Å². The van der Waals surface area contributed by atoms with E-state index >= 15 is 0 Å². The summed E-state index contributed by atoms with van der Waals surface area (Å²) in [6, 6.07) is 5.14. The first-order valence-corrected chi connectivity index (χ1v) is 7.86. The molecular weight excluding hydrogens is 291 g/mol. The van der Waals surface area contributed by atoms with Gasteiger partial charge in [-0.15, -0.1) is 0 Å². The van der Waals surface area contributed by atoms with Crippen LogP contribution >= 0.6 is 11.6 Å². The van der Waals surface area contributed by atoms with Crippen LogP contribution in [0.2, 0.25) is 5.02 Å². The van der Waals surface area contributed by atoms with E-state index in [9.17, 15) is 9.18 Å². The summed E-state index contributed by atoms with van der Waals surface area (Å²) < 4.78 is 13.4. The van der Waals surface area contributed by atoms with Gasteiger partial charge in [0.15, 0.2) is 0 Å². The van der Waals surface area contributed by atoms with Gasteiger partial charge in [-0.2, -0.15) is 0 Å². The fourth-order valence-corrected chi connectivity index (χ4v) is 3.19. The van der Waals surface area contributed by atoms with Gasteiger partial charge in [0, 0.05) is 31.1 Å². The van der Waals surface area contributed by atoms with Gasteiger partial charge in [-0.1, -0.05) is 18.0 Å². The third kappa shape index (κ3) is 5.29.